The summed E-state index contributed by atoms with van der Waals surface area (Å²) in [5.74, 6) is -1.03. The molecular weight excluding hydrogens is 248 g/mol. The molecule has 19 heavy (non-hydrogen) atoms. The maximum atomic E-state index is 10.8. The molecule has 0 fully saturated rings. The highest BCUT2D eigenvalue weighted by Crippen LogP contribution is 2.24. The van der Waals surface area contributed by atoms with E-state index in [9.17, 15) is 4.79 Å². The number of aryl methyl sites for hydroxylation is 2. The van der Waals surface area contributed by atoms with Gasteiger partial charge in [-0.25, -0.2) is 0 Å². The number of carboxylic acid groups (broad SMARTS) is 1. The Labute approximate surface area is 110 Å². The van der Waals surface area contributed by atoms with E-state index in [1.807, 2.05) is 24.7 Å². The summed E-state index contributed by atoms with van der Waals surface area (Å²) >= 11 is 0. The van der Waals surface area contributed by atoms with Gasteiger partial charge in [0, 0.05) is 19.7 Å². The number of nitrogens with two attached hydrogens (primary N) is 1. The first-order chi connectivity index (χ1) is 8.93. The predicted molar refractivity (Wildman–Crippen MR) is 69.1 cm³/mol. The number of rotatable bonds is 4. The first-order valence-corrected chi connectivity index (χ1v) is 5.79. The van der Waals surface area contributed by atoms with E-state index in [1.165, 1.54) is 7.11 Å². The number of hydrogen-bond acceptors (Lipinski definition) is 5. The molecule has 0 aliphatic carbocycles. The molecule has 0 bridgehead atoms. The molecule has 0 aliphatic heterocycles. The molecule has 0 saturated heterocycles. The van der Waals surface area contributed by atoms with Gasteiger partial charge in [0.1, 0.15) is 6.04 Å². The fourth-order valence-corrected chi connectivity index (χ4v) is 2.11. The molecule has 0 spiro atoms. The molecule has 2 rings (SSSR count). The molecule has 2 heterocycles. The van der Waals surface area contributed by atoms with Gasteiger partial charge in [-0.3, -0.25) is 4.79 Å². The van der Waals surface area contributed by atoms with Crippen LogP contribution in [0.15, 0.2) is 6.20 Å². The number of nitrogens with zero attached hydrogens (tertiary/aromatic N) is 3. The lowest BCUT2D eigenvalue weighted by atomic mass is 10.1. The van der Waals surface area contributed by atoms with Crippen LogP contribution in [-0.2, 0) is 18.3 Å². The zero-order chi connectivity index (χ0) is 14.2. The number of ether oxygens (including phenoxy) is 1. The van der Waals surface area contributed by atoms with Crippen molar-refractivity contribution in [2.45, 2.75) is 19.4 Å². The average Bonchev–Trinajstić information content (AvgIpc) is 2.66. The summed E-state index contributed by atoms with van der Waals surface area (Å²) in [5.41, 5.74) is 8.66. The Morgan fingerprint density at radius 1 is 1.58 bits per heavy atom. The first-order valence-electron chi connectivity index (χ1n) is 5.79. The van der Waals surface area contributed by atoms with Gasteiger partial charge in [-0.15, -0.1) is 0 Å². The molecule has 7 nitrogen and oxygen atoms in total. The molecule has 0 radical (unpaired) electrons. The summed E-state index contributed by atoms with van der Waals surface area (Å²) in [6, 6.07) is -0.687. The minimum atomic E-state index is -1.03. The number of fused-ring (bicyclic) bond motifs is 1. The lowest BCUT2D eigenvalue weighted by Crippen LogP contribution is -2.32. The fraction of sp³-hybridized carbons (Fsp3) is 0.417. The average molecular weight is 264 g/mol. The smallest absolute Gasteiger partial charge is 0.320 e. The summed E-state index contributed by atoms with van der Waals surface area (Å²) in [4.78, 5) is 19.3. The van der Waals surface area contributed by atoms with Crippen molar-refractivity contribution in [3.8, 4) is 6.01 Å². The number of aromatic nitrogens is 3. The van der Waals surface area contributed by atoms with Crippen LogP contribution in [0.2, 0.25) is 0 Å². The van der Waals surface area contributed by atoms with Crippen LogP contribution in [0.4, 0.5) is 0 Å². The molecule has 102 valence electrons. The standard InChI is InChI=1S/C12H16N4O3/c1-6-10-9(15-12(14-6)19-3)7(5-16(10)2)4-8(13)11(17)18/h5,8H,4,13H2,1-3H3,(H,17,18). The van der Waals surface area contributed by atoms with E-state index in [0.717, 1.165) is 16.8 Å². The van der Waals surface area contributed by atoms with Gasteiger partial charge >= 0.3 is 12.0 Å². The van der Waals surface area contributed by atoms with E-state index in [2.05, 4.69) is 9.97 Å². The number of methoxy groups -OCH3 is 1. The van der Waals surface area contributed by atoms with Crippen LogP contribution in [0, 0.1) is 6.92 Å². The third kappa shape index (κ3) is 2.37. The largest absolute Gasteiger partial charge is 0.480 e. The van der Waals surface area contributed by atoms with E-state index in [4.69, 9.17) is 15.6 Å². The normalized spacial score (nSPS) is 12.6. The molecule has 0 saturated carbocycles. The van der Waals surface area contributed by atoms with Crippen molar-refractivity contribution < 1.29 is 14.6 Å². The Kier molecular flexibility index (Phi) is 3.39. The molecule has 1 atom stereocenters. The Balaban J connectivity index is 2.56. The number of aliphatic carboxylic acids is 1. The summed E-state index contributed by atoms with van der Waals surface area (Å²) in [6.07, 6.45) is 2.04. The zero-order valence-electron chi connectivity index (χ0n) is 11.0. The Bertz CT molecular complexity index is 635. The molecule has 2 aromatic rings. The quantitative estimate of drug-likeness (QED) is 0.820. The number of carboxylic acids is 1. The highest BCUT2D eigenvalue weighted by Gasteiger charge is 2.18. The van der Waals surface area contributed by atoms with E-state index in [1.54, 1.807) is 0 Å². The van der Waals surface area contributed by atoms with E-state index in [0.29, 0.717) is 5.52 Å². The second-order valence-electron chi connectivity index (χ2n) is 4.41. The van der Waals surface area contributed by atoms with Crippen molar-refractivity contribution in [3.63, 3.8) is 0 Å². The number of hydrogen-bond donors (Lipinski definition) is 2. The summed E-state index contributed by atoms with van der Waals surface area (Å²) in [7, 11) is 3.35. The van der Waals surface area contributed by atoms with Crippen LogP contribution in [0.25, 0.3) is 11.0 Å². The molecule has 0 aromatic carbocycles. The minimum Gasteiger partial charge on any atom is -0.480 e. The van der Waals surface area contributed by atoms with Gasteiger partial charge in [0.2, 0.25) is 0 Å². The van der Waals surface area contributed by atoms with Crippen molar-refractivity contribution in [3.05, 3.63) is 17.5 Å². The van der Waals surface area contributed by atoms with Crippen LogP contribution >= 0.6 is 0 Å². The third-order valence-electron chi connectivity index (χ3n) is 2.98. The second-order valence-corrected chi connectivity index (χ2v) is 4.41. The Morgan fingerprint density at radius 3 is 2.84 bits per heavy atom. The van der Waals surface area contributed by atoms with Crippen LogP contribution in [0.1, 0.15) is 11.3 Å². The van der Waals surface area contributed by atoms with E-state index >= 15 is 0 Å². The van der Waals surface area contributed by atoms with Gasteiger partial charge < -0.3 is 20.1 Å². The highest BCUT2D eigenvalue weighted by atomic mass is 16.5. The van der Waals surface area contributed by atoms with Gasteiger partial charge in [-0.05, 0) is 12.5 Å². The van der Waals surface area contributed by atoms with Gasteiger partial charge in [0.25, 0.3) is 0 Å². The Morgan fingerprint density at radius 2 is 2.26 bits per heavy atom. The topological polar surface area (TPSA) is 103 Å². The summed E-state index contributed by atoms with van der Waals surface area (Å²) in [6.45, 7) is 1.85. The molecule has 0 aliphatic rings. The lowest BCUT2D eigenvalue weighted by molar-refractivity contribution is -0.138. The molecule has 3 N–H and O–H groups in total. The van der Waals surface area contributed by atoms with Gasteiger partial charge in [0.05, 0.1) is 23.8 Å². The Hall–Kier alpha value is -2.15. The molecule has 2 aromatic heterocycles. The van der Waals surface area contributed by atoms with Crippen molar-refractivity contribution in [1.29, 1.82) is 0 Å². The van der Waals surface area contributed by atoms with E-state index < -0.39 is 12.0 Å². The van der Waals surface area contributed by atoms with Crippen molar-refractivity contribution >= 4 is 17.0 Å². The monoisotopic (exact) mass is 264 g/mol. The minimum absolute atomic E-state index is 0.215. The predicted octanol–water partition coefficient (Wildman–Crippen LogP) is 0.240. The zero-order valence-corrected chi connectivity index (χ0v) is 11.0. The first kappa shape index (κ1) is 13.3. The second kappa shape index (κ2) is 4.85. The molecular formula is C12H16N4O3. The number of carbonyl (C=O) groups is 1. The highest BCUT2D eigenvalue weighted by molar-refractivity contribution is 5.83. The van der Waals surface area contributed by atoms with Gasteiger partial charge in [-0.1, -0.05) is 0 Å². The van der Waals surface area contributed by atoms with Crippen LogP contribution in [-0.4, -0.2) is 38.8 Å². The third-order valence-corrected chi connectivity index (χ3v) is 2.98. The molecule has 0 amide bonds. The maximum Gasteiger partial charge on any atom is 0.320 e. The maximum absolute atomic E-state index is 10.8. The van der Waals surface area contributed by atoms with Gasteiger partial charge in [0.15, 0.2) is 0 Å². The lowest BCUT2D eigenvalue weighted by Gasteiger charge is -2.05. The SMILES string of the molecule is COc1nc(C)c2c(n1)c(CC(N)C(=O)O)cn2C. The van der Waals surface area contributed by atoms with Gasteiger partial charge in [-0.2, -0.15) is 9.97 Å². The van der Waals surface area contributed by atoms with E-state index in [-0.39, 0.29) is 12.4 Å². The fourth-order valence-electron chi connectivity index (χ4n) is 2.11. The van der Waals surface area contributed by atoms with Crippen molar-refractivity contribution in [2.75, 3.05) is 7.11 Å². The molecule has 1 unspecified atom stereocenters. The summed E-state index contributed by atoms with van der Waals surface area (Å²) < 4.78 is 6.91. The summed E-state index contributed by atoms with van der Waals surface area (Å²) in [5, 5.41) is 8.89. The van der Waals surface area contributed by atoms with Crippen LogP contribution in [0.5, 0.6) is 6.01 Å². The van der Waals surface area contributed by atoms with Crippen LogP contribution in [0.3, 0.4) is 0 Å². The van der Waals surface area contributed by atoms with Crippen LogP contribution < -0.4 is 10.5 Å². The molecule has 7 heteroatoms. The van der Waals surface area contributed by atoms with Crippen molar-refractivity contribution in [2.24, 2.45) is 12.8 Å². The van der Waals surface area contributed by atoms with Crippen molar-refractivity contribution in [1.82, 2.24) is 14.5 Å².